The molecule has 0 amide bonds. The first-order chi connectivity index (χ1) is 14.4. The number of nitrogens with zero attached hydrogens (tertiary/aromatic N) is 1. The summed E-state index contributed by atoms with van der Waals surface area (Å²) in [6.07, 6.45) is 2.61. The van der Waals surface area contributed by atoms with Gasteiger partial charge in [0.15, 0.2) is 23.9 Å². The molecule has 0 bridgehead atoms. The fraction of sp³-hybridized carbons (Fsp3) is 0.227. The normalized spacial score (nSPS) is 10.5. The Bertz CT molecular complexity index is 1110. The van der Waals surface area contributed by atoms with E-state index in [4.69, 9.17) is 18.9 Å². The molecule has 0 saturated carbocycles. The summed E-state index contributed by atoms with van der Waals surface area (Å²) in [4.78, 5) is 25.3. The Hall–Kier alpha value is -3.81. The average Bonchev–Trinajstić information content (AvgIpc) is 2.77. The first-order valence-corrected chi connectivity index (χ1v) is 9.12. The molecule has 0 fully saturated rings. The molecule has 156 valence electrons. The number of carbonyl (C=O) groups excluding carboxylic acids is 2. The molecule has 0 atom stereocenters. The minimum Gasteiger partial charge on any atom is -0.619 e. The number of hydrogen-bond donors (Lipinski definition) is 0. The van der Waals surface area contributed by atoms with E-state index in [-0.39, 0.29) is 11.1 Å². The van der Waals surface area contributed by atoms with E-state index >= 15 is 0 Å². The van der Waals surface area contributed by atoms with Crippen LogP contribution >= 0.6 is 0 Å². The monoisotopic (exact) mass is 411 g/mol. The molecule has 0 saturated heterocycles. The molecule has 3 rings (SSSR count). The van der Waals surface area contributed by atoms with Gasteiger partial charge in [-0.25, -0.2) is 9.59 Å². The zero-order valence-corrected chi connectivity index (χ0v) is 17.1. The highest BCUT2D eigenvalue weighted by Crippen LogP contribution is 2.40. The highest BCUT2D eigenvalue weighted by molar-refractivity contribution is 6.15. The summed E-state index contributed by atoms with van der Waals surface area (Å²) in [6.45, 7) is 2.26. The Kier molecular flexibility index (Phi) is 6.06. The van der Waals surface area contributed by atoms with Crippen LogP contribution in [-0.2, 0) is 9.47 Å². The van der Waals surface area contributed by atoms with Gasteiger partial charge in [-0.2, -0.15) is 4.73 Å². The Balaban J connectivity index is 2.51. The number of ether oxygens (including phenoxy) is 4. The lowest BCUT2D eigenvalue weighted by Gasteiger charge is -2.18. The van der Waals surface area contributed by atoms with Crippen molar-refractivity contribution in [1.82, 2.24) is 0 Å². The number of carbonyl (C=O) groups is 2. The second kappa shape index (κ2) is 8.69. The molecule has 1 heterocycles. The Labute approximate surface area is 173 Å². The van der Waals surface area contributed by atoms with Crippen molar-refractivity contribution < 1.29 is 33.3 Å². The van der Waals surface area contributed by atoms with E-state index in [2.05, 4.69) is 0 Å². The lowest BCUT2D eigenvalue weighted by Crippen LogP contribution is -2.23. The molecule has 3 aromatic rings. The summed E-state index contributed by atoms with van der Waals surface area (Å²) in [5, 5.41) is 12.8. The van der Waals surface area contributed by atoms with Gasteiger partial charge in [-0.15, -0.1) is 0 Å². The van der Waals surface area contributed by atoms with Crippen LogP contribution < -0.4 is 14.2 Å². The van der Waals surface area contributed by atoms with Crippen LogP contribution in [0.15, 0.2) is 42.7 Å². The summed E-state index contributed by atoms with van der Waals surface area (Å²) in [5.74, 6) is -0.450. The van der Waals surface area contributed by atoms with Crippen LogP contribution in [0.4, 0.5) is 0 Å². The van der Waals surface area contributed by atoms with E-state index in [1.165, 1.54) is 33.7 Å². The van der Waals surface area contributed by atoms with E-state index in [0.717, 1.165) is 0 Å². The number of hydrogen-bond acceptors (Lipinski definition) is 7. The fourth-order valence-electron chi connectivity index (χ4n) is 3.30. The van der Waals surface area contributed by atoms with Crippen molar-refractivity contribution in [3.8, 4) is 22.6 Å². The second-order valence-corrected chi connectivity index (χ2v) is 6.26. The van der Waals surface area contributed by atoms with Crippen LogP contribution in [-0.4, -0.2) is 39.9 Å². The lowest BCUT2D eigenvalue weighted by molar-refractivity contribution is -0.605. The second-order valence-electron chi connectivity index (χ2n) is 6.26. The van der Waals surface area contributed by atoms with Crippen LogP contribution in [0.1, 0.15) is 27.6 Å². The maximum Gasteiger partial charge on any atom is 0.339 e. The number of rotatable bonds is 6. The molecule has 8 heteroatoms. The van der Waals surface area contributed by atoms with Crippen molar-refractivity contribution in [3.05, 3.63) is 59.1 Å². The minimum absolute atomic E-state index is 0.0340. The SMILES string of the molecule is CCOc1cc2cc(C(=O)OC)c(C(=O)OC)c(-c3cc[n+]([O-])cc3)c2cc1OC. The van der Waals surface area contributed by atoms with E-state index in [1.807, 2.05) is 6.92 Å². The van der Waals surface area contributed by atoms with Gasteiger partial charge >= 0.3 is 11.9 Å². The highest BCUT2D eigenvalue weighted by atomic mass is 16.5. The van der Waals surface area contributed by atoms with E-state index < -0.39 is 11.9 Å². The van der Waals surface area contributed by atoms with Crippen molar-refractivity contribution in [1.29, 1.82) is 0 Å². The smallest absolute Gasteiger partial charge is 0.339 e. The standard InChI is InChI=1S/C22H21NO7/c1-5-30-18-11-14-10-16(21(24)28-3)20(22(25)29-4)19(15(14)12-17(18)27-2)13-6-8-23(26)9-7-13/h6-12H,5H2,1-4H3. The van der Waals surface area contributed by atoms with Crippen LogP contribution in [0.3, 0.4) is 0 Å². The molecule has 0 aliphatic heterocycles. The third-order valence-electron chi connectivity index (χ3n) is 4.61. The molecule has 8 nitrogen and oxygen atoms in total. The van der Waals surface area contributed by atoms with Gasteiger partial charge < -0.3 is 24.2 Å². The van der Waals surface area contributed by atoms with Gasteiger partial charge in [-0.1, -0.05) is 0 Å². The summed E-state index contributed by atoms with van der Waals surface area (Å²) in [5.41, 5.74) is 1.04. The summed E-state index contributed by atoms with van der Waals surface area (Å²) < 4.78 is 21.6. The Morgan fingerprint density at radius 3 is 2.20 bits per heavy atom. The molecule has 0 N–H and O–H groups in total. The van der Waals surface area contributed by atoms with Crippen molar-refractivity contribution in [2.24, 2.45) is 0 Å². The van der Waals surface area contributed by atoms with E-state index in [0.29, 0.717) is 44.7 Å². The van der Waals surface area contributed by atoms with Crippen LogP contribution in [0, 0.1) is 5.21 Å². The average molecular weight is 411 g/mol. The number of pyridine rings is 1. The number of benzene rings is 2. The highest BCUT2D eigenvalue weighted by Gasteiger charge is 2.27. The number of esters is 2. The van der Waals surface area contributed by atoms with Gasteiger partial charge in [-0.3, -0.25) is 0 Å². The quantitative estimate of drug-likeness (QED) is 0.349. The molecule has 0 unspecified atom stereocenters. The van der Waals surface area contributed by atoms with Crippen LogP contribution in [0.25, 0.3) is 21.9 Å². The largest absolute Gasteiger partial charge is 0.619 e. The molecular weight excluding hydrogens is 390 g/mol. The van der Waals surface area contributed by atoms with Gasteiger partial charge in [0.1, 0.15) is 0 Å². The third kappa shape index (κ3) is 3.71. The predicted octanol–water partition coefficient (Wildman–Crippen LogP) is 3.12. The number of aromatic nitrogens is 1. The third-order valence-corrected chi connectivity index (χ3v) is 4.61. The number of fused-ring (bicyclic) bond motifs is 1. The molecule has 0 spiro atoms. The molecule has 0 aliphatic rings. The molecule has 0 radical (unpaired) electrons. The fourth-order valence-corrected chi connectivity index (χ4v) is 3.30. The molecule has 2 aromatic carbocycles. The maximum atomic E-state index is 12.7. The summed E-state index contributed by atoms with van der Waals surface area (Å²) in [7, 11) is 3.97. The van der Waals surface area contributed by atoms with E-state index in [9.17, 15) is 14.8 Å². The Morgan fingerprint density at radius 1 is 0.967 bits per heavy atom. The van der Waals surface area contributed by atoms with Gasteiger partial charge in [0, 0.05) is 17.7 Å². The molecular formula is C22H21NO7. The molecule has 0 aliphatic carbocycles. The van der Waals surface area contributed by atoms with Gasteiger partial charge in [0.25, 0.3) is 0 Å². The first kappa shape index (κ1) is 20.9. The first-order valence-electron chi connectivity index (χ1n) is 9.12. The molecule has 30 heavy (non-hydrogen) atoms. The topological polar surface area (TPSA) is 98.0 Å². The Morgan fingerprint density at radius 2 is 1.63 bits per heavy atom. The van der Waals surface area contributed by atoms with Crippen molar-refractivity contribution >= 4 is 22.7 Å². The van der Waals surface area contributed by atoms with Crippen molar-refractivity contribution in [2.75, 3.05) is 27.9 Å². The zero-order chi connectivity index (χ0) is 21.8. The summed E-state index contributed by atoms with van der Waals surface area (Å²) >= 11 is 0. The van der Waals surface area contributed by atoms with E-state index in [1.54, 1.807) is 30.3 Å². The van der Waals surface area contributed by atoms with Crippen molar-refractivity contribution in [2.45, 2.75) is 6.92 Å². The van der Waals surface area contributed by atoms with Crippen molar-refractivity contribution in [3.63, 3.8) is 0 Å². The number of methoxy groups -OCH3 is 3. The van der Waals surface area contributed by atoms with Gasteiger partial charge in [-0.05, 0) is 41.5 Å². The van der Waals surface area contributed by atoms with Gasteiger partial charge in [0.2, 0.25) is 0 Å². The molecule has 1 aromatic heterocycles. The van der Waals surface area contributed by atoms with Crippen LogP contribution in [0.2, 0.25) is 0 Å². The predicted molar refractivity (Wildman–Crippen MR) is 109 cm³/mol. The zero-order valence-electron chi connectivity index (χ0n) is 17.1. The van der Waals surface area contributed by atoms with Gasteiger partial charge in [0.05, 0.1) is 39.1 Å². The van der Waals surface area contributed by atoms with Crippen LogP contribution in [0.5, 0.6) is 11.5 Å². The lowest BCUT2D eigenvalue weighted by atomic mass is 9.89. The summed E-state index contributed by atoms with van der Waals surface area (Å²) in [6, 6.07) is 8.11. The maximum absolute atomic E-state index is 12.7. The minimum atomic E-state index is -0.709.